The summed E-state index contributed by atoms with van der Waals surface area (Å²) in [7, 11) is 0. The molecule has 1 aliphatic rings. The van der Waals surface area contributed by atoms with Crippen molar-refractivity contribution in [2.75, 3.05) is 18.4 Å². The van der Waals surface area contributed by atoms with Gasteiger partial charge in [-0.1, -0.05) is 11.6 Å². The Balaban J connectivity index is 2.01. The van der Waals surface area contributed by atoms with Crippen molar-refractivity contribution >= 4 is 39.3 Å². The van der Waals surface area contributed by atoms with Crippen LogP contribution in [0, 0.1) is 5.82 Å². The highest BCUT2D eigenvalue weighted by Gasteiger charge is 2.32. The van der Waals surface area contributed by atoms with E-state index in [0.29, 0.717) is 28.3 Å². The fourth-order valence-electron chi connectivity index (χ4n) is 2.54. The highest BCUT2D eigenvalue weighted by molar-refractivity contribution is 9.10. The Bertz CT molecular complexity index is 569. The number of ether oxygens (including phenoxy) is 1. The van der Waals surface area contributed by atoms with Gasteiger partial charge < -0.3 is 15.0 Å². The molecule has 1 aliphatic heterocycles. The molecule has 0 bridgehead atoms. The molecule has 0 saturated carbocycles. The molecule has 0 spiro atoms. The third kappa shape index (κ3) is 4.98. The summed E-state index contributed by atoms with van der Waals surface area (Å²) in [6.07, 6.45) is 1.53. The van der Waals surface area contributed by atoms with Gasteiger partial charge in [0.15, 0.2) is 0 Å². The molecule has 1 unspecified atom stereocenters. The van der Waals surface area contributed by atoms with Gasteiger partial charge in [0.05, 0.1) is 16.8 Å². The maximum Gasteiger partial charge on any atom is 0.410 e. The van der Waals surface area contributed by atoms with Crippen molar-refractivity contribution in [1.82, 2.24) is 4.90 Å². The summed E-state index contributed by atoms with van der Waals surface area (Å²) in [4.78, 5) is 14.0. The van der Waals surface area contributed by atoms with E-state index in [4.69, 9.17) is 16.3 Å². The number of halogens is 3. The van der Waals surface area contributed by atoms with Gasteiger partial charge in [-0.3, -0.25) is 0 Å². The Kier molecular flexibility index (Phi) is 5.79. The van der Waals surface area contributed by atoms with Crippen LogP contribution in [0.25, 0.3) is 0 Å². The van der Waals surface area contributed by atoms with E-state index in [2.05, 4.69) is 21.2 Å². The molecule has 128 valence electrons. The number of nitrogens with zero attached hydrogens (tertiary/aromatic N) is 1. The third-order valence-electron chi connectivity index (χ3n) is 3.53. The van der Waals surface area contributed by atoms with Gasteiger partial charge in [-0.25, -0.2) is 9.18 Å². The smallest absolute Gasteiger partial charge is 0.410 e. The molecule has 1 heterocycles. The van der Waals surface area contributed by atoms with Gasteiger partial charge in [0, 0.05) is 17.6 Å². The average Bonchev–Trinajstić information content (AvgIpc) is 2.83. The van der Waals surface area contributed by atoms with Gasteiger partial charge in [-0.05, 0) is 61.7 Å². The zero-order valence-electron chi connectivity index (χ0n) is 13.5. The number of likely N-dealkylation sites (tertiary alicyclic amines) is 1. The summed E-state index contributed by atoms with van der Waals surface area (Å²) in [5.41, 5.74) is 0.116. The normalized spacial score (nSPS) is 18.2. The Morgan fingerprint density at radius 1 is 1.52 bits per heavy atom. The summed E-state index contributed by atoms with van der Waals surface area (Å²) in [5.74, 6) is -0.399. The van der Waals surface area contributed by atoms with Crippen molar-refractivity contribution < 1.29 is 13.9 Å². The predicted molar refractivity (Wildman–Crippen MR) is 93.6 cm³/mol. The maximum absolute atomic E-state index is 13.3. The van der Waals surface area contributed by atoms with Crippen LogP contribution in [0.2, 0.25) is 5.02 Å². The van der Waals surface area contributed by atoms with E-state index < -0.39 is 11.4 Å². The second-order valence-electron chi connectivity index (χ2n) is 6.60. The van der Waals surface area contributed by atoms with Crippen molar-refractivity contribution in [1.29, 1.82) is 0 Å². The van der Waals surface area contributed by atoms with Crippen LogP contribution in [0.3, 0.4) is 0 Å². The molecule has 7 heteroatoms. The summed E-state index contributed by atoms with van der Waals surface area (Å²) in [5, 5.41) is 3.51. The summed E-state index contributed by atoms with van der Waals surface area (Å²) in [6, 6.07) is 2.64. The number of hydrogen-bond acceptors (Lipinski definition) is 3. The first-order chi connectivity index (χ1) is 10.7. The first kappa shape index (κ1) is 18.3. The van der Waals surface area contributed by atoms with Gasteiger partial charge in [0.2, 0.25) is 0 Å². The van der Waals surface area contributed by atoms with Crippen LogP contribution in [0.15, 0.2) is 16.6 Å². The summed E-state index contributed by atoms with van der Waals surface area (Å²) in [6.45, 7) is 6.76. The minimum absolute atomic E-state index is 0.0258. The van der Waals surface area contributed by atoms with Crippen LogP contribution in [0.4, 0.5) is 14.9 Å². The SMILES string of the molecule is CC(C)(C)OC(=O)N1CCCC1CNc1c(Cl)cc(F)cc1Br. The predicted octanol–water partition coefficient (Wildman–Crippen LogP) is 5.05. The standard InChI is InChI=1S/C16H21BrClFN2O2/c1-16(2,3)23-15(22)21-6-4-5-11(21)9-20-14-12(17)7-10(19)8-13(14)18/h7-8,11,20H,4-6,9H2,1-3H3. The fraction of sp³-hybridized carbons (Fsp3) is 0.562. The lowest BCUT2D eigenvalue weighted by molar-refractivity contribution is 0.0235. The van der Waals surface area contributed by atoms with E-state index in [-0.39, 0.29) is 12.1 Å². The number of carbonyl (C=O) groups excluding carboxylic acids is 1. The molecule has 1 atom stereocenters. The topological polar surface area (TPSA) is 41.6 Å². The monoisotopic (exact) mass is 406 g/mol. The van der Waals surface area contributed by atoms with Crippen molar-refractivity contribution in [2.24, 2.45) is 0 Å². The average molecular weight is 408 g/mol. The van der Waals surface area contributed by atoms with E-state index in [0.717, 1.165) is 12.8 Å². The molecule has 0 aromatic heterocycles. The third-order valence-corrected chi connectivity index (χ3v) is 4.45. The van der Waals surface area contributed by atoms with Crippen molar-refractivity contribution in [2.45, 2.75) is 45.3 Å². The van der Waals surface area contributed by atoms with Crippen LogP contribution in [0.5, 0.6) is 0 Å². The van der Waals surface area contributed by atoms with Gasteiger partial charge in [0.1, 0.15) is 11.4 Å². The van der Waals surface area contributed by atoms with Gasteiger partial charge in [-0.2, -0.15) is 0 Å². The lowest BCUT2D eigenvalue weighted by atomic mass is 10.2. The van der Waals surface area contributed by atoms with E-state index >= 15 is 0 Å². The zero-order valence-corrected chi connectivity index (χ0v) is 15.8. The molecule has 1 aromatic rings. The highest BCUT2D eigenvalue weighted by atomic mass is 79.9. The van der Waals surface area contributed by atoms with Gasteiger partial charge in [0.25, 0.3) is 0 Å². The number of nitrogens with one attached hydrogen (secondary N) is 1. The molecule has 0 radical (unpaired) electrons. The molecule has 1 fully saturated rings. The van der Waals surface area contributed by atoms with E-state index in [1.165, 1.54) is 12.1 Å². The number of anilines is 1. The number of benzene rings is 1. The highest BCUT2D eigenvalue weighted by Crippen LogP contribution is 2.32. The second kappa shape index (κ2) is 7.26. The lowest BCUT2D eigenvalue weighted by Crippen LogP contribution is -2.42. The van der Waals surface area contributed by atoms with Crippen LogP contribution in [-0.4, -0.2) is 35.7 Å². The zero-order chi connectivity index (χ0) is 17.2. The fourth-order valence-corrected chi connectivity index (χ4v) is 3.50. The van der Waals surface area contributed by atoms with Gasteiger partial charge >= 0.3 is 6.09 Å². The summed E-state index contributed by atoms with van der Waals surface area (Å²) >= 11 is 9.37. The summed E-state index contributed by atoms with van der Waals surface area (Å²) < 4.78 is 19.3. The molecule has 23 heavy (non-hydrogen) atoms. The first-order valence-corrected chi connectivity index (χ1v) is 8.72. The van der Waals surface area contributed by atoms with Crippen LogP contribution in [0.1, 0.15) is 33.6 Å². The molecular weight excluding hydrogens is 387 g/mol. The van der Waals surface area contributed by atoms with E-state index in [9.17, 15) is 9.18 Å². The lowest BCUT2D eigenvalue weighted by Gasteiger charge is -2.29. The largest absolute Gasteiger partial charge is 0.444 e. The number of hydrogen-bond donors (Lipinski definition) is 1. The quantitative estimate of drug-likeness (QED) is 0.762. The molecule has 1 aromatic carbocycles. The molecule has 1 N–H and O–H groups in total. The molecule has 1 saturated heterocycles. The molecule has 0 aliphatic carbocycles. The van der Waals surface area contributed by atoms with E-state index in [1.807, 2.05) is 20.8 Å². The Morgan fingerprint density at radius 3 is 2.83 bits per heavy atom. The van der Waals surface area contributed by atoms with Crippen LogP contribution < -0.4 is 5.32 Å². The number of carbonyl (C=O) groups is 1. The number of amides is 1. The van der Waals surface area contributed by atoms with Crippen LogP contribution >= 0.6 is 27.5 Å². The Hall–Kier alpha value is -1.01. The second-order valence-corrected chi connectivity index (χ2v) is 7.86. The maximum atomic E-state index is 13.3. The minimum Gasteiger partial charge on any atom is -0.444 e. The Labute approximate surface area is 149 Å². The van der Waals surface area contributed by atoms with Crippen molar-refractivity contribution in [3.05, 3.63) is 27.4 Å². The Morgan fingerprint density at radius 2 is 2.22 bits per heavy atom. The molecule has 1 amide bonds. The first-order valence-electron chi connectivity index (χ1n) is 7.55. The molecular formula is C16H21BrClFN2O2. The molecule has 2 rings (SSSR count). The van der Waals surface area contributed by atoms with Crippen LogP contribution in [-0.2, 0) is 4.74 Å². The van der Waals surface area contributed by atoms with Gasteiger partial charge in [-0.15, -0.1) is 0 Å². The minimum atomic E-state index is -0.513. The van der Waals surface area contributed by atoms with E-state index in [1.54, 1.807) is 4.90 Å². The van der Waals surface area contributed by atoms with Crippen molar-refractivity contribution in [3.63, 3.8) is 0 Å². The number of rotatable bonds is 3. The molecule has 4 nitrogen and oxygen atoms in total. The van der Waals surface area contributed by atoms with Crippen molar-refractivity contribution in [3.8, 4) is 0 Å².